The molecule has 7 heteroatoms. The number of hydrogen-bond acceptors (Lipinski definition) is 3. The summed E-state index contributed by atoms with van der Waals surface area (Å²) in [5, 5.41) is 4.00. The summed E-state index contributed by atoms with van der Waals surface area (Å²) in [5.74, 6) is 1.94. The van der Waals surface area contributed by atoms with Crippen molar-refractivity contribution in [2.45, 2.75) is 26.2 Å². The van der Waals surface area contributed by atoms with E-state index in [1.54, 1.807) is 0 Å². The summed E-state index contributed by atoms with van der Waals surface area (Å²) in [4.78, 5) is 20.3. The molecule has 0 saturated carbocycles. The maximum Gasteiger partial charge on any atom is 0.222 e. The van der Waals surface area contributed by atoms with E-state index >= 15 is 0 Å². The normalized spacial score (nSPS) is 14.7. The molecule has 0 radical (unpaired) electrons. The molecule has 0 aromatic heterocycles. The lowest BCUT2D eigenvalue weighted by Gasteiger charge is -2.22. The van der Waals surface area contributed by atoms with Gasteiger partial charge in [-0.15, -0.1) is 0 Å². The number of nitrogens with zero attached hydrogens (tertiary/aromatic N) is 3. The van der Waals surface area contributed by atoms with Crippen LogP contribution in [0.5, 0.6) is 5.75 Å². The smallest absolute Gasteiger partial charge is 0.222 e. The third-order valence-corrected chi connectivity index (χ3v) is 4.48. The van der Waals surface area contributed by atoms with Crippen LogP contribution < -0.4 is 10.1 Å². The minimum atomic E-state index is 0.275. The standard InChI is InChI=1S/C19H29ClN4O2/c1-3-21-19(22-11-5-13-24-12-4-6-18(24)25)23(2)14-15-26-17-9-7-16(20)8-10-17/h7-10H,3-6,11-15H2,1-2H3,(H,21,22). The number of carbonyl (C=O) groups excluding carboxylic acids is 1. The highest BCUT2D eigenvalue weighted by Gasteiger charge is 2.18. The molecule has 0 aliphatic carbocycles. The molecule has 1 fully saturated rings. The number of benzene rings is 1. The van der Waals surface area contributed by atoms with Crippen molar-refractivity contribution in [1.29, 1.82) is 0 Å². The van der Waals surface area contributed by atoms with Crippen LogP contribution in [-0.4, -0.2) is 68.0 Å². The van der Waals surface area contributed by atoms with E-state index in [1.807, 2.05) is 36.2 Å². The van der Waals surface area contributed by atoms with Gasteiger partial charge >= 0.3 is 0 Å². The first kappa shape index (κ1) is 20.4. The number of carbonyl (C=O) groups is 1. The molecule has 26 heavy (non-hydrogen) atoms. The third-order valence-electron chi connectivity index (χ3n) is 4.22. The molecular weight excluding hydrogens is 352 g/mol. The van der Waals surface area contributed by atoms with Gasteiger partial charge in [0.25, 0.3) is 0 Å². The zero-order valence-electron chi connectivity index (χ0n) is 15.7. The largest absolute Gasteiger partial charge is 0.492 e. The Morgan fingerprint density at radius 1 is 1.38 bits per heavy atom. The minimum absolute atomic E-state index is 0.275. The highest BCUT2D eigenvalue weighted by atomic mass is 35.5. The van der Waals surface area contributed by atoms with Crippen LogP contribution >= 0.6 is 11.6 Å². The van der Waals surface area contributed by atoms with E-state index in [9.17, 15) is 4.79 Å². The second kappa shape index (κ2) is 10.9. The Morgan fingerprint density at radius 3 is 2.81 bits per heavy atom. The van der Waals surface area contributed by atoms with E-state index in [-0.39, 0.29) is 5.91 Å². The lowest BCUT2D eigenvalue weighted by Crippen LogP contribution is -2.41. The molecule has 0 spiro atoms. The molecule has 0 atom stereocenters. The summed E-state index contributed by atoms with van der Waals surface area (Å²) >= 11 is 5.87. The Hall–Kier alpha value is -1.95. The number of guanidine groups is 1. The zero-order valence-corrected chi connectivity index (χ0v) is 16.5. The molecule has 1 saturated heterocycles. The highest BCUT2D eigenvalue weighted by molar-refractivity contribution is 6.30. The van der Waals surface area contributed by atoms with E-state index in [0.29, 0.717) is 24.6 Å². The number of ether oxygens (including phenoxy) is 1. The molecule has 144 valence electrons. The van der Waals surface area contributed by atoms with Crippen molar-refractivity contribution in [1.82, 2.24) is 15.1 Å². The lowest BCUT2D eigenvalue weighted by molar-refractivity contribution is -0.127. The average Bonchev–Trinajstić information content (AvgIpc) is 3.04. The van der Waals surface area contributed by atoms with Crippen molar-refractivity contribution >= 4 is 23.5 Å². The van der Waals surface area contributed by atoms with Crippen LogP contribution in [0.4, 0.5) is 0 Å². The molecule has 1 aromatic rings. The molecule has 1 amide bonds. The molecule has 6 nitrogen and oxygen atoms in total. The lowest BCUT2D eigenvalue weighted by atomic mass is 10.3. The summed E-state index contributed by atoms with van der Waals surface area (Å²) in [5.41, 5.74) is 0. The van der Waals surface area contributed by atoms with Crippen molar-refractivity contribution in [3.63, 3.8) is 0 Å². The van der Waals surface area contributed by atoms with E-state index in [4.69, 9.17) is 16.3 Å². The molecule has 0 unspecified atom stereocenters. The second-order valence-electron chi connectivity index (χ2n) is 6.30. The summed E-state index contributed by atoms with van der Waals surface area (Å²) in [6.07, 6.45) is 2.57. The fourth-order valence-electron chi connectivity index (χ4n) is 2.79. The number of amides is 1. The van der Waals surface area contributed by atoms with Gasteiger partial charge in [0, 0.05) is 44.7 Å². The van der Waals surface area contributed by atoms with Crippen LogP contribution in [0.1, 0.15) is 26.2 Å². The number of nitrogens with one attached hydrogen (secondary N) is 1. The van der Waals surface area contributed by atoms with E-state index in [1.165, 1.54) is 0 Å². The third kappa shape index (κ3) is 6.75. The SMILES string of the molecule is CCNC(=NCCCN1CCCC1=O)N(C)CCOc1ccc(Cl)cc1. The summed E-state index contributed by atoms with van der Waals surface area (Å²) in [7, 11) is 2.00. The Labute approximate surface area is 161 Å². The van der Waals surface area contributed by atoms with Crippen LogP contribution in [0.2, 0.25) is 5.02 Å². The molecular formula is C19H29ClN4O2. The van der Waals surface area contributed by atoms with Crippen molar-refractivity contribution in [2.24, 2.45) is 4.99 Å². The minimum Gasteiger partial charge on any atom is -0.492 e. The van der Waals surface area contributed by atoms with E-state index < -0.39 is 0 Å². The van der Waals surface area contributed by atoms with Gasteiger partial charge in [0.15, 0.2) is 5.96 Å². The van der Waals surface area contributed by atoms with Gasteiger partial charge in [-0.25, -0.2) is 0 Å². The van der Waals surface area contributed by atoms with Crippen LogP contribution in [0.25, 0.3) is 0 Å². The quantitative estimate of drug-likeness (QED) is 0.406. The Kier molecular flexibility index (Phi) is 8.54. The molecule has 1 N–H and O–H groups in total. The number of likely N-dealkylation sites (N-methyl/N-ethyl adjacent to an activating group) is 1. The number of hydrogen-bond donors (Lipinski definition) is 1. The van der Waals surface area contributed by atoms with Gasteiger partial charge in [-0.3, -0.25) is 9.79 Å². The summed E-state index contributed by atoms with van der Waals surface area (Å²) in [6.45, 7) is 6.54. The molecule has 1 heterocycles. The Morgan fingerprint density at radius 2 is 2.15 bits per heavy atom. The first-order chi connectivity index (χ1) is 12.6. The molecule has 1 aliphatic rings. The van der Waals surface area contributed by atoms with Crippen molar-refractivity contribution in [2.75, 3.05) is 46.4 Å². The fourth-order valence-corrected chi connectivity index (χ4v) is 2.92. The maximum atomic E-state index is 11.6. The Bertz CT molecular complexity index is 592. The first-order valence-corrected chi connectivity index (χ1v) is 9.63. The van der Waals surface area contributed by atoms with Crippen molar-refractivity contribution < 1.29 is 9.53 Å². The number of halogens is 1. The van der Waals surface area contributed by atoms with Crippen LogP contribution in [0.15, 0.2) is 29.3 Å². The molecule has 1 aliphatic heterocycles. The van der Waals surface area contributed by atoms with Crippen molar-refractivity contribution in [3.8, 4) is 5.75 Å². The highest BCUT2D eigenvalue weighted by Crippen LogP contribution is 2.15. The average molecular weight is 381 g/mol. The van der Waals surface area contributed by atoms with Gasteiger partial charge in [0.2, 0.25) is 5.91 Å². The number of rotatable bonds is 9. The number of aliphatic imine (C=N–C) groups is 1. The predicted molar refractivity (Wildman–Crippen MR) is 106 cm³/mol. The van der Waals surface area contributed by atoms with Gasteiger partial charge in [0.1, 0.15) is 12.4 Å². The van der Waals surface area contributed by atoms with Gasteiger partial charge in [-0.1, -0.05) is 11.6 Å². The maximum absolute atomic E-state index is 11.6. The molecule has 1 aromatic carbocycles. The van der Waals surface area contributed by atoms with Gasteiger partial charge in [-0.05, 0) is 44.0 Å². The van der Waals surface area contributed by atoms with Crippen LogP contribution in [0.3, 0.4) is 0 Å². The Balaban J connectivity index is 1.73. The summed E-state index contributed by atoms with van der Waals surface area (Å²) in [6, 6.07) is 7.36. The van der Waals surface area contributed by atoms with Crippen LogP contribution in [0, 0.1) is 0 Å². The number of likely N-dealkylation sites (tertiary alicyclic amines) is 1. The van der Waals surface area contributed by atoms with Gasteiger partial charge in [-0.2, -0.15) is 0 Å². The van der Waals surface area contributed by atoms with Crippen LogP contribution in [-0.2, 0) is 4.79 Å². The fraction of sp³-hybridized carbons (Fsp3) is 0.579. The van der Waals surface area contributed by atoms with E-state index in [0.717, 1.165) is 50.7 Å². The second-order valence-corrected chi connectivity index (χ2v) is 6.73. The molecule has 0 bridgehead atoms. The monoisotopic (exact) mass is 380 g/mol. The van der Waals surface area contributed by atoms with Gasteiger partial charge in [0.05, 0.1) is 6.54 Å². The summed E-state index contributed by atoms with van der Waals surface area (Å²) < 4.78 is 5.74. The van der Waals surface area contributed by atoms with Gasteiger partial charge < -0.3 is 19.9 Å². The molecule has 2 rings (SSSR count). The zero-order chi connectivity index (χ0) is 18.8. The first-order valence-electron chi connectivity index (χ1n) is 9.25. The predicted octanol–water partition coefficient (Wildman–Crippen LogP) is 2.63. The van der Waals surface area contributed by atoms with E-state index in [2.05, 4.69) is 22.1 Å². The van der Waals surface area contributed by atoms with Crippen molar-refractivity contribution in [3.05, 3.63) is 29.3 Å². The topological polar surface area (TPSA) is 57.2 Å².